The normalized spacial score (nSPS) is 27.9. The Morgan fingerprint density at radius 2 is 2.47 bits per heavy atom. The third-order valence-electron chi connectivity index (χ3n) is 3.03. The lowest BCUT2D eigenvalue weighted by Crippen LogP contribution is -2.36. The maximum Gasteiger partial charge on any atom is 0.0822 e. The van der Waals surface area contributed by atoms with Crippen molar-refractivity contribution in [2.45, 2.75) is 37.2 Å². The number of aromatic nitrogens is 1. The smallest absolute Gasteiger partial charge is 0.0822 e. The second-order valence-corrected chi connectivity index (χ2v) is 4.78. The fraction of sp³-hybridized carbons (Fsp3) is 0.583. The zero-order valence-corrected chi connectivity index (χ0v) is 9.70. The van der Waals surface area contributed by atoms with Crippen LogP contribution in [0, 0.1) is 0 Å². The number of ether oxygens (including phenoxy) is 1. The molecule has 0 spiro atoms. The van der Waals surface area contributed by atoms with E-state index in [4.69, 9.17) is 16.3 Å². The van der Waals surface area contributed by atoms with Crippen molar-refractivity contribution in [1.29, 1.82) is 0 Å². The first-order valence-electron chi connectivity index (χ1n) is 5.39. The molecular formula is C12H16ClNO. The number of pyridine rings is 1. The monoisotopic (exact) mass is 225 g/mol. The highest BCUT2D eigenvalue weighted by Crippen LogP contribution is 2.33. The SMILES string of the molecule is CC1(C(Cl)Cc2ccccn2)CCCO1. The van der Waals surface area contributed by atoms with Crippen LogP contribution in [0.3, 0.4) is 0 Å². The van der Waals surface area contributed by atoms with Crippen molar-refractivity contribution in [3.8, 4) is 0 Å². The average Bonchev–Trinajstić information content (AvgIpc) is 2.68. The third-order valence-corrected chi connectivity index (χ3v) is 3.64. The summed E-state index contributed by atoms with van der Waals surface area (Å²) in [5.41, 5.74) is 0.869. The molecule has 1 aliphatic heterocycles. The van der Waals surface area contributed by atoms with Gasteiger partial charge in [-0.05, 0) is 31.9 Å². The van der Waals surface area contributed by atoms with Crippen LogP contribution in [0.15, 0.2) is 24.4 Å². The Hall–Kier alpha value is -0.600. The Morgan fingerprint density at radius 3 is 3.07 bits per heavy atom. The molecule has 0 bridgehead atoms. The first-order chi connectivity index (χ1) is 7.21. The third kappa shape index (κ3) is 2.50. The van der Waals surface area contributed by atoms with Crippen molar-refractivity contribution < 1.29 is 4.74 Å². The van der Waals surface area contributed by atoms with Crippen molar-refractivity contribution in [2.75, 3.05) is 6.61 Å². The molecule has 0 saturated carbocycles. The minimum absolute atomic E-state index is 0.00917. The van der Waals surface area contributed by atoms with Crippen LogP contribution >= 0.6 is 11.6 Å². The molecule has 15 heavy (non-hydrogen) atoms. The van der Waals surface area contributed by atoms with Gasteiger partial charge in [-0.2, -0.15) is 0 Å². The fourth-order valence-corrected chi connectivity index (χ4v) is 2.30. The van der Waals surface area contributed by atoms with Gasteiger partial charge in [-0.25, -0.2) is 0 Å². The minimum Gasteiger partial charge on any atom is -0.374 e. The van der Waals surface area contributed by atoms with Crippen molar-refractivity contribution in [1.82, 2.24) is 4.98 Å². The first kappa shape index (κ1) is 10.9. The van der Waals surface area contributed by atoms with Gasteiger partial charge in [-0.3, -0.25) is 4.98 Å². The molecule has 1 fully saturated rings. The Balaban J connectivity index is 2.00. The van der Waals surface area contributed by atoms with E-state index in [1.54, 1.807) is 6.20 Å². The summed E-state index contributed by atoms with van der Waals surface area (Å²) in [4.78, 5) is 4.28. The number of nitrogens with zero attached hydrogens (tertiary/aromatic N) is 1. The Kier molecular flexibility index (Phi) is 3.27. The van der Waals surface area contributed by atoms with Gasteiger partial charge in [0.05, 0.1) is 11.0 Å². The van der Waals surface area contributed by atoms with E-state index < -0.39 is 0 Å². The summed E-state index contributed by atoms with van der Waals surface area (Å²) >= 11 is 6.40. The van der Waals surface area contributed by atoms with Crippen LogP contribution in [-0.4, -0.2) is 22.6 Å². The van der Waals surface area contributed by atoms with Crippen LogP contribution in [0.4, 0.5) is 0 Å². The second-order valence-electron chi connectivity index (χ2n) is 4.26. The molecule has 82 valence electrons. The molecule has 0 aromatic carbocycles. The zero-order valence-electron chi connectivity index (χ0n) is 8.95. The summed E-state index contributed by atoms with van der Waals surface area (Å²) in [5.74, 6) is 0. The molecule has 1 aromatic rings. The fourth-order valence-electron chi connectivity index (χ4n) is 1.97. The molecular weight excluding hydrogens is 210 g/mol. The lowest BCUT2D eigenvalue weighted by atomic mass is 9.95. The molecule has 1 saturated heterocycles. The van der Waals surface area contributed by atoms with E-state index in [1.165, 1.54) is 0 Å². The summed E-state index contributed by atoms with van der Waals surface area (Å²) < 4.78 is 5.71. The van der Waals surface area contributed by atoms with E-state index in [1.807, 2.05) is 18.2 Å². The van der Waals surface area contributed by atoms with E-state index in [2.05, 4.69) is 11.9 Å². The maximum atomic E-state index is 6.40. The zero-order chi connectivity index (χ0) is 10.7. The van der Waals surface area contributed by atoms with Crippen LogP contribution in [0.2, 0.25) is 0 Å². The van der Waals surface area contributed by atoms with Crippen LogP contribution in [0.5, 0.6) is 0 Å². The predicted octanol–water partition coefficient (Wildman–Crippen LogP) is 2.80. The Labute approximate surface area is 95.6 Å². The van der Waals surface area contributed by atoms with E-state index in [0.29, 0.717) is 0 Å². The summed E-state index contributed by atoms with van der Waals surface area (Å²) in [6.07, 6.45) is 4.74. The molecule has 3 heteroatoms. The van der Waals surface area contributed by atoms with Crippen molar-refractivity contribution in [2.24, 2.45) is 0 Å². The number of alkyl halides is 1. The summed E-state index contributed by atoms with van der Waals surface area (Å²) in [6.45, 7) is 2.93. The largest absolute Gasteiger partial charge is 0.374 e. The van der Waals surface area contributed by atoms with Gasteiger partial charge in [0.2, 0.25) is 0 Å². The molecule has 2 unspecified atom stereocenters. The van der Waals surface area contributed by atoms with Gasteiger partial charge in [-0.15, -0.1) is 11.6 Å². The van der Waals surface area contributed by atoms with Gasteiger partial charge >= 0.3 is 0 Å². The van der Waals surface area contributed by atoms with Crippen LogP contribution < -0.4 is 0 Å². The number of hydrogen-bond acceptors (Lipinski definition) is 2. The maximum absolute atomic E-state index is 6.40. The van der Waals surface area contributed by atoms with Crippen LogP contribution in [0.25, 0.3) is 0 Å². The predicted molar refractivity (Wildman–Crippen MR) is 61.2 cm³/mol. The van der Waals surface area contributed by atoms with Gasteiger partial charge in [-0.1, -0.05) is 6.07 Å². The highest BCUT2D eigenvalue weighted by atomic mass is 35.5. The summed E-state index contributed by atoms with van der Waals surface area (Å²) in [5, 5.41) is 0.00917. The first-order valence-corrected chi connectivity index (χ1v) is 5.82. The van der Waals surface area contributed by atoms with Gasteiger partial charge < -0.3 is 4.74 Å². The Morgan fingerprint density at radius 1 is 1.60 bits per heavy atom. The molecule has 0 N–H and O–H groups in total. The molecule has 0 aliphatic carbocycles. The summed E-state index contributed by atoms with van der Waals surface area (Å²) in [7, 11) is 0. The van der Waals surface area contributed by atoms with E-state index in [9.17, 15) is 0 Å². The quantitative estimate of drug-likeness (QED) is 0.738. The number of rotatable bonds is 3. The second kappa shape index (κ2) is 4.50. The van der Waals surface area contributed by atoms with E-state index in [0.717, 1.165) is 31.6 Å². The van der Waals surface area contributed by atoms with Gasteiger partial charge in [0.25, 0.3) is 0 Å². The van der Waals surface area contributed by atoms with Crippen molar-refractivity contribution in [3.63, 3.8) is 0 Å². The molecule has 2 rings (SSSR count). The molecule has 2 nitrogen and oxygen atoms in total. The average molecular weight is 226 g/mol. The highest BCUT2D eigenvalue weighted by Gasteiger charge is 2.37. The van der Waals surface area contributed by atoms with Gasteiger partial charge in [0, 0.05) is 24.9 Å². The molecule has 1 aliphatic rings. The molecule has 1 aromatic heterocycles. The number of halogens is 1. The van der Waals surface area contributed by atoms with Gasteiger partial charge in [0.15, 0.2) is 0 Å². The van der Waals surface area contributed by atoms with E-state index in [-0.39, 0.29) is 11.0 Å². The van der Waals surface area contributed by atoms with E-state index >= 15 is 0 Å². The lowest BCUT2D eigenvalue weighted by Gasteiger charge is -2.28. The molecule has 0 radical (unpaired) electrons. The highest BCUT2D eigenvalue weighted by molar-refractivity contribution is 6.21. The topological polar surface area (TPSA) is 22.1 Å². The van der Waals surface area contributed by atoms with Crippen molar-refractivity contribution in [3.05, 3.63) is 30.1 Å². The van der Waals surface area contributed by atoms with Crippen molar-refractivity contribution >= 4 is 11.6 Å². The lowest BCUT2D eigenvalue weighted by molar-refractivity contribution is 0.0167. The molecule has 2 heterocycles. The Bertz CT molecular complexity index is 309. The molecule has 0 amide bonds. The standard InChI is InChI=1S/C12H16ClNO/c1-12(6-4-8-15-12)11(13)9-10-5-2-3-7-14-10/h2-3,5,7,11H,4,6,8-9H2,1H3. The van der Waals surface area contributed by atoms with Crippen LogP contribution in [0.1, 0.15) is 25.5 Å². The van der Waals surface area contributed by atoms with Crippen LogP contribution in [-0.2, 0) is 11.2 Å². The molecule has 2 atom stereocenters. The minimum atomic E-state index is -0.168. The van der Waals surface area contributed by atoms with Gasteiger partial charge in [0.1, 0.15) is 0 Å². The number of hydrogen-bond donors (Lipinski definition) is 0. The summed E-state index contributed by atoms with van der Waals surface area (Å²) in [6, 6.07) is 5.91.